The summed E-state index contributed by atoms with van der Waals surface area (Å²) in [5.41, 5.74) is 0.657. The molecule has 1 aromatic heterocycles. The number of amides is 1. The van der Waals surface area contributed by atoms with E-state index in [1.165, 1.54) is 0 Å². The van der Waals surface area contributed by atoms with Gasteiger partial charge in [0.15, 0.2) is 5.82 Å². The number of hydrogen-bond donors (Lipinski definition) is 0. The van der Waals surface area contributed by atoms with Gasteiger partial charge >= 0.3 is 0 Å². The lowest BCUT2D eigenvalue weighted by Gasteiger charge is -2.30. The van der Waals surface area contributed by atoms with Crippen LogP contribution in [0.2, 0.25) is 0 Å². The van der Waals surface area contributed by atoms with Crippen molar-refractivity contribution in [3.63, 3.8) is 0 Å². The highest BCUT2D eigenvalue weighted by molar-refractivity contribution is 9.10. The van der Waals surface area contributed by atoms with Crippen molar-refractivity contribution in [2.24, 2.45) is 0 Å². The van der Waals surface area contributed by atoms with Gasteiger partial charge in [-0.3, -0.25) is 4.79 Å². The molecule has 3 rings (SSSR count). The Morgan fingerprint density at radius 3 is 2.70 bits per heavy atom. The molecule has 0 aliphatic carbocycles. The molecule has 2 aromatic rings. The van der Waals surface area contributed by atoms with E-state index in [0.717, 1.165) is 17.3 Å². The lowest BCUT2D eigenvalue weighted by molar-refractivity contribution is 0.0704. The predicted molar refractivity (Wildman–Crippen MR) is 87.6 cm³/mol. The molecule has 1 amide bonds. The second-order valence-electron chi connectivity index (χ2n) is 5.60. The van der Waals surface area contributed by atoms with Crippen LogP contribution in [0.25, 0.3) is 0 Å². The van der Waals surface area contributed by atoms with Crippen LogP contribution in [-0.2, 0) is 0 Å². The number of carbonyl (C=O) groups excluding carboxylic acids is 1. The van der Waals surface area contributed by atoms with E-state index in [2.05, 4.69) is 26.1 Å². The lowest BCUT2D eigenvalue weighted by Crippen LogP contribution is -2.38. The molecule has 1 aliphatic rings. The van der Waals surface area contributed by atoms with Gasteiger partial charge in [0.05, 0.1) is 11.6 Å². The van der Waals surface area contributed by atoms with E-state index in [1.54, 1.807) is 25.3 Å². The molecule has 0 bridgehead atoms. The first kappa shape index (κ1) is 16.0. The van der Waals surface area contributed by atoms with Gasteiger partial charge in [0.2, 0.25) is 5.89 Å². The molecule has 1 aliphatic heterocycles. The van der Waals surface area contributed by atoms with Crippen molar-refractivity contribution in [2.45, 2.75) is 25.7 Å². The summed E-state index contributed by atoms with van der Waals surface area (Å²) in [5.74, 6) is 2.33. The van der Waals surface area contributed by atoms with Crippen LogP contribution in [0, 0.1) is 6.92 Å². The number of aromatic nitrogens is 2. The number of rotatable bonds is 3. The molecule has 1 aromatic carbocycles. The van der Waals surface area contributed by atoms with E-state index < -0.39 is 0 Å². The fourth-order valence-electron chi connectivity index (χ4n) is 2.79. The fraction of sp³-hybridized carbons (Fsp3) is 0.438. The molecule has 0 radical (unpaired) electrons. The van der Waals surface area contributed by atoms with Crippen molar-refractivity contribution in [1.82, 2.24) is 15.0 Å². The van der Waals surface area contributed by atoms with Gasteiger partial charge < -0.3 is 14.2 Å². The van der Waals surface area contributed by atoms with Crippen molar-refractivity contribution in [2.75, 3.05) is 20.2 Å². The minimum Gasteiger partial charge on any atom is -0.496 e. The molecule has 0 unspecified atom stereocenters. The topological polar surface area (TPSA) is 68.5 Å². The quantitative estimate of drug-likeness (QED) is 0.818. The highest BCUT2D eigenvalue weighted by atomic mass is 79.9. The van der Waals surface area contributed by atoms with Crippen LogP contribution in [0.4, 0.5) is 0 Å². The van der Waals surface area contributed by atoms with E-state index in [0.29, 0.717) is 36.1 Å². The van der Waals surface area contributed by atoms with E-state index in [4.69, 9.17) is 9.26 Å². The van der Waals surface area contributed by atoms with Gasteiger partial charge in [0.1, 0.15) is 5.75 Å². The molecule has 23 heavy (non-hydrogen) atoms. The summed E-state index contributed by atoms with van der Waals surface area (Å²) < 4.78 is 11.2. The van der Waals surface area contributed by atoms with Gasteiger partial charge in [-0.2, -0.15) is 4.98 Å². The summed E-state index contributed by atoms with van der Waals surface area (Å²) in [5, 5.41) is 3.84. The number of likely N-dealkylation sites (tertiary alicyclic amines) is 1. The highest BCUT2D eigenvalue weighted by Gasteiger charge is 2.27. The first-order valence-corrected chi connectivity index (χ1v) is 8.31. The zero-order valence-corrected chi connectivity index (χ0v) is 14.7. The van der Waals surface area contributed by atoms with Crippen LogP contribution in [0.1, 0.15) is 40.8 Å². The molecule has 0 atom stereocenters. The summed E-state index contributed by atoms with van der Waals surface area (Å²) >= 11 is 3.42. The number of piperidine rings is 1. The Bertz CT molecular complexity index is 708. The molecule has 122 valence electrons. The molecule has 1 fully saturated rings. The Kier molecular flexibility index (Phi) is 4.66. The van der Waals surface area contributed by atoms with Gasteiger partial charge in [0, 0.05) is 24.6 Å². The van der Waals surface area contributed by atoms with Crippen LogP contribution in [-0.4, -0.2) is 41.1 Å². The maximum atomic E-state index is 12.6. The predicted octanol–water partition coefficient (Wildman–Crippen LogP) is 3.17. The number of hydrogen-bond acceptors (Lipinski definition) is 5. The molecule has 7 heteroatoms. The average molecular weight is 380 g/mol. The molecule has 0 N–H and O–H groups in total. The third-order valence-electron chi connectivity index (χ3n) is 4.07. The van der Waals surface area contributed by atoms with Crippen molar-refractivity contribution >= 4 is 21.8 Å². The second kappa shape index (κ2) is 6.70. The van der Waals surface area contributed by atoms with E-state index >= 15 is 0 Å². The van der Waals surface area contributed by atoms with Crippen molar-refractivity contribution < 1.29 is 14.1 Å². The molecule has 6 nitrogen and oxygen atoms in total. The minimum atomic E-state index is 0.0357. The zero-order chi connectivity index (χ0) is 16.4. The number of nitrogens with zero attached hydrogens (tertiary/aromatic N) is 3. The van der Waals surface area contributed by atoms with Gasteiger partial charge in [-0.25, -0.2) is 0 Å². The molecular weight excluding hydrogens is 362 g/mol. The average Bonchev–Trinajstić information content (AvgIpc) is 3.01. The van der Waals surface area contributed by atoms with Crippen LogP contribution >= 0.6 is 15.9 Å². The Balaban J connectivity index is 1.65. The van der Waals surface area contributed by atoms with E-state index in [9.17, 15) is 4.79 Å². The van der Waals surface area contributed by atoms with Gasteiger partial charge in [0.25, 0.3) is 5.91 Å². The summed E-state index contributed by atoms with van der Waals surface area (Å²) in [6.07, 6.45) is 1.68. The number of benzene rings is 1. The number of halogens is 1. The van der Waals surface area contributed by atoms with E-state index in [-0.39, 0.29) is 11.8 Å². The fourth-order valence-corrected chi connectivity index (χ4v) is 3.33. The highest BCUT2D eigenvalue weighted by Crippen LogP contribution is 2.29. The van der Waals surface area contributed by atoms with Crippen LogP contribution in [0.3, 0.4) is 0 Å². The number of ether oxygens (including phenoxy) is 1. The maximum Gasteiger partial charge on any atom is 0.253 e. The van der Waals surface area contributed by atoms with Crippen LogP contribution in [0.15, 0.2) is 27.2 Å². The first-order chi connectivity index (χ1) is 11.1. The molecule has 2 heterocycles. The minimum absolute atomic E-state index is 0.0357. The van der Waals surface area contributed by atoms with Crippen LogP contribution < -0.4 is 4.74 Å². The number of carbonyl (C=O) groups is 1. The standard InChI is InChI=1S/C16H18BrN3O3/c1-10-18-15(23-19-10)11-5-7-20(8-6-11)16(21)12-3-4-14(22-2)13(17)9-12/h3-4,9,11H,5-8H2,1-2H3. The third-order valence-corrected chi connectivity index (χ3v) is 4.69. The Labute approximate surface area is 142 Å². The van der Waals surface area contributed by atoms with E-state index in [1.807, 2.05) is 11.8 Å². The Morgan fingerprint density at radius 1 is 1.39 bits per heavy atom. The van der Waals surface area contributed by atoms with Gasteiger partial charge in [-0.05, 0) is 53.9 Å². The first-order valence-electron chi connectivity index (χ1n) is 7.51. The molecule has 0 saturated carbocycles. The lowest BCUT2D eigenvalue weighted by atomic mass is 9.96. The summed E-state index contributed by atoms with van der Waals surface area (Å²) in [6.45, 7) is 3.19. The third kappa shape index (κ3) is 3.39. The summed E-state index contributed by atoms with van der Waals surface area (Å²) in [6, 6.07) is 5.39. The zero-order valence-electron chi connectivity index (χ0n) is 13.1. The summed E-state index contributed by atoms with van der Waals surface area (Å²) in [4.78, 5) is 18.8. The maximum absolute atomic E-state index is 12.6. The Hall–Kier alpha value is -1.89. The number of methoxy groups -OCH3 is 1. The normalized spacial score (nSPS) is 15.7. The second-order valence-corrected chi connectivity index (χ2v) is 6.45. The summed E-state index contributed by atoms with van der Waals surface area (Å²) in [7, 11) is 1.60. The largest absolute Gasteiger partial charge is 0.496 e. The molecular formula is C16H18BrN3O3. The van der Waals surface area contributed by atoms with Crippen molar-refractivity contribution in [3.8, 4) is 5.75 Å². The number of aryl methyl sites for hydroxylation is 1. The molecule has 1 saturated heterocycles. The smallest absolute Gasteiger partial charge is 0.253 e. The monoisotopic (exact) mass is 379 g/mol. The van der Waals surface area contributed by atoms with Gasteiger partial charge in [-0.1, -0.05) is 5.16 Å². The van der Waals surface area contributed by atoms with Crippen molar-refractivity contribution in [3.05, 3.63) is 40.0 Å². The Morgan fingerprint density at radius 2 is 2.13 bits per heavy atom. The molecule has 0 spiro atoms. The van der Waals surface area contributed by atoms with Gasteiger partial charge in [-0.15, -0.1) is 0 Å². The van der Waals surface area contributed by atoms with Crippen molar-refractivity contribution in [1.29, 1.82) is 0 Å². The SMILES string of the molecule is COc1ccc(C(=O)N2CCC(c3nc(C)no3)CC2)cc1Br. The van der Waals surface area contributed by atoms with Crippen LogP contribution in [0.5, 0.6) is 5.75 Å².